The molecule has 1 saturated heterocycles. The number of hydrogen-bond donors (Lipinski definition) is 3. The van der Waals surface area contributed by atoms with Crippen LogP contribution in [0.3, 0.4) is 0 Å². The van der Waals surface area contributed by atoms with Gasteiger partial charge in [-0.05, 0) is 50.5 Å². The van der Waals surface area contributed by atoms with Crippen molar-refractivity contribution in [2.45, 2.75) is 39.3 Å². The van der Waals surface area contributed by atoms with Crippen molar-refractivity contribution < 1.29 is 0 Å². The molecule has 1 aliphatic rings. The van der Waals surface area contributed by atoms with Crippen molar-refractivity contribution in [1.82, 2.24) is 20.8 Å². The van der Waals surface area contributed by atoms with Crippen LogP contribution in [0.5, 0.6) is 0 Å². The number of aliphatic imine (C=N–C) groups is 1. The first-order valence-corrected chi connectivity index (χ1v) is 9.14. The Kier molecular flexibility index (Phi) is 5.93. The molecule has 1 aliphatic heterocycles. The van der Waals surface area contributed by atoms with Crippen LogP contribution in [0, 0.1) is 0 Å². The van der Waals surface area contributed by atoms with E-state index in [9.17, 15) is 0 Å². The summed E-state index contributed by atoms with van der Waals surface area (Å²) in [4.78, 5) is 7.10. The maximum absolute atomic E-state index is 4.63. The number of aromatic amines is 1. The fourth-order valence-corrected chi connectivity index (χ4v) is 3.11. The molecule has 1 unspecified atom stereocenters. The Hall–Kier alpha value is -2.50. The molecule has 1 atom stereocenters. The third-order valence-electron chi connectivity index (χ3n) is 4.50. The summed E-state index contributed by atoms with van der Waals surface area (Å²) in [5.41, 5.74) is 3.60. The van der Waals surface area contributed by atoms with Crippen molar-refractivity contribution in [3.63, 3.8) is 0 Å². The molecule has 1 fully saturated rings. The molecule has 0 spiro atoms. The second-order valence-corrected chi connectivity index (χ2v) is 6.43. The van der Waals surface area contributed by atoms with Gasteiger partial charge in [0.15, 0.2) is 5.96 Å². The predicted molar refractivity (Wildman–Crippen MR) is 103 cm³/mol. The van der Waals surface area contributed by atoms with E-state index in [2.05, 4.69) is 68.8 Å². The number of hydrogen-bond acceptors (Lipinski definition) is 3. The van der Waals surface area contributed by atoms with Gasteiger partial charge in [0.2, 0.25) is 0 Å². The molecule has 1 aromatic heterocycles. The van der Waals surface area contributed by atoms with Crippen molar-refractivity contribution in [2.75, 3.05) is 24.5 Å². The Morgan fingerprint density at radius 1 is 1.32 bits per heavy atom. The third kappa shape index (κ3) is 4.75. The standard InChI is InChI=1S/C19H28N6/c1-3-20-19(21-14-17-9-10-22-24-17)23-15(2)16-7-6-8-18(13-16)25-11-4-5-12-25/h6-10,13,15H,3-5,11-12,14H2,1-2H3,(H,22,24)(H2,20,21,23). The molecule has 25 heavy (non-hydrogen) atoms. The van der Waals surface area contributed by atoms with Crippen LogP contribution < -0.4 is 15.5 Å². The van der Waals surface area contributed by atoms with Crippen molar-refractivity contribution in [2.24, 2.45) is 4.99 Å². The van der Waals surface area contributed by atoms with Gasteiger partial charge >= 0.3 is 0 Å². The molecule has 134 valence electrons. The van der Waals surface area contributed by atoms with Crippen LogP contribution in [-0.2, 0) is 6.54 Å². The Morgan fingerprint density at radius 2 is 2.16 bits per heavy atom. The van der Waals surface area contributed by atoms with E-state index in [1.807, 2.05) is 6.07 Å². The van der Waals surface area contributed by atoms with Crippen molar-refractivity contribution >= 4 is 11.6 Å². The highest BCUT2D eigenvalue weighted by molar-refractivity contribution is 5.80. The van der Waals surface area contributed by atoms with E-state index in [0.717, 1.165) is 18.2 Å². The highest BCUT2D eigenvalue weighted by Gasteiger charge is 2.14. The summed E-state index contributed by atoms with van der Waals surface area (Å²) in [5.74, 6) is 0.816. The topological polar surface area (TPSA) is 68.3 Å². The molecule has 0 aliphatic carbocycles. The zero-order valence-corrected chi connectivity index (χ0v) is 15.1. The molecule has 3 N–H and O–H groups in total. The van der Waals surface area contributed by atoms with E-state index in [-0.39, 0.29) is 6.04 Å². The van der Waals surface area contributed by atoms with Gasteiger partial charge in [-0.3, -0.25) is 5.10 Å². The zero-order chi connectivity index (χ0) is 17.5. The lowest BCUT2D eigenvalue weighted by atomic mass is 10.1. The summed E-state index contributed by atoms with van der Waals surface area (Å²) in [7, 11) is 0. The number of anilines is 1. The molecular formula is C19H28N6. The van der Waals surface area contributed by atoms with E-state index in [1.54, 1.807) is 6.20 Å². The van der Waals surface area contributed by atoms with Crippen LogP contribution >= 0.6 is 0 Å². The van der Waals surface area contributed by atoms with Gasteiger partial charge in [-0.15, -0.1) is 0 Å². The number of aromatic nitrogens is 2. The van der Waals surface area contributed by atoms with Crippen LogP contribution in [0.4, 0.5) is 5.69 Å². The molecular weight excluding hydrogens is 312 g/mol. The number of nitrogens with zero attached hydrogens (tertiary/aromatic N) is 3. The number of nitrogens with one attached hydrogen (secondary N) is 3. The third-order valence-corrected chi connectivity index (χ3v) is 4.50. The second kappa shape index (κ2) is 8.55. The Balaban J connectivity index is 1.67. The van der Waals surface area contributed by atoms with Crippen molar-refractivity contribution in [1.29, 1.82) is 0 Å². The molecule has 2 heterocycles. The predicted octanol–water partition coefficient (Wildman–Crippen LogP) is 2.83. The summed E-state index contributed by atoms with van der Waals surface area (Å²) in [5, 5.41) is 13.7. The maximum Gasteiger partial charge on any atom is 0.192 e. The van der Waals surface area contributed by atoms with Crippen molar-refractivity contribution in [3.05, 3.63) is 47.8 Å². The minimum atomic E-state index is 0.183. The van der Waals surface area contributed by atoms with Crippen LogP contribution in [0.2, 0.25) is 0 Å². The average Bonchev–Trinajstić information content (AvgIpc) is 3.33. The minimum Gasteiger partial charge on any atom is -0.372 e. The maximum atomic E-state index is 4.63. The fraction of sp³-hybridized carbons (Fsp3) is 0.474. The summed E-state index contributed by atoms with van der Waals surface area (Å²) in [6, 6.07) is 10.9. The normalized spacial score (nSPS) is 16.1. The molecule has 6 heteroatoms. The fourth-order valence-electron chi connectivity index (χ4n) is 3.11. The van der Waals surface area contributed by atoms with E-state index >= 15 is 0 Å². The molecule has 0 radical (unpaired) electrons. The molecule has 0 saturated carbocycles. The summed E-state index contributed by atoms with van der Waals surface area (Å²) in [6.45, 7) is 7.99. The van der Waals surface area contributed by atoms with E-state index < -0.39 is 0 Å². The molecule has 2 aromatic rings. The molecule has 0 bridgehead atoms. The van der Waals surface area contributed by atoms with Gasteiger partial charge in [0, 0.05) is 31.5 Å². The zero-order valence-electron chi connectivity index (χ0n) is 15.1. The van der Waals surface area contributed by atoms with E-state index in [0.29, 0.717) is 6.54 Å². The highest BCUT2D eigenvalue weighted by Crippen LogP contribution is 2.23. The van der Waals surface area contributed by atoms with Crippen molar-refractivity contribution in [3.8, 4) is 0 Å². The van der Waals surface area contributed by atoms with Gasteiger partial charge in [-0.2, -0.15) is 5.10 Å². The Morgan fingerprint density at radius 3 is 2.88 bits per heavy atom. The largest absolute Gasteiger partial charge is 0.372 e. The number of guanidine groups is 1. The number of rotatable bonds is 6. The summed E-state index contributed by atoms with van der Waals surface area (Å²) >= 11 is 0. The van der Waals surface area contributed by atoms with Gasteiger partial charge in [0.05, 0.1) is 18.3 Å². The lowest BCUT2D eigenvalue weighted by molar-refractivity contribution is 0.685. The monoisotopic (exact) mass is 340 g/mol. The molecule has 3 rings (SSSR count). The van der Waals surface area contributed by atoms with Crippen LogP contribution in [0.1, 0.15) is 44.0 Å². The van der Waals surface area contributed by atoms with Gasteiger partial charge in [0.25, 0.3) is 0 Å². The number of benzene rings is 1. The number of H-pyrrole nitrogens is 1. The van der Waals surface area contributed by atoms with Crippen LogP contribution in [0.15, 0.2) is 41.5 Å². The van der Waals surface area contributed by atoms with Gasteiger partial charge in [-0.25, -0.2) is 4.99 Å². The first-order chi connectivity index (χ1) is 12.3. The Labute approximate surface area is 149 Å². The quantitative estimate of drug-likeness (QED) is 0.559. The molecule has 6 nitrogen and oxygen atoms in total. The minimum absolute atomic E-state index is 0.183. The van der Waals surface area contributed by atoms with E-state index in [4.69, 9.17) is 0 Å². The second-order valence-electron chi connectivity index (χ2n) is 6.43. The smallest absolute Gasteiger partial charge is 0.192 e. The average molecular weight is 340 g/mol. The first kappa shape index (κ1) is 17.3. The van der Waals surface area contributed by atoms with Crippen LogP contribution in [-0.4, -0.2) is 35.8 Å². The molecule has 1 aromatic carbocycles. The first-order valence-electron chi connectivity index (χ1n) is 9.14. The van der Waals surface area contributed by atoms with Gasteiger partial charge in [0.1, 0.15) is 0 Å². The van der Waals surface area contributed by atoms with Gasteiger partial charge < -0.3 is 15.5 Å². The highest BCUT2D eigenvalue weighted by atomic mass is 15.2. The van der Waals surface area contributed by atoms with E-state index in [1.165, 1.54) is 37.2 Å². The van der Waals surface area contributed by atoms with Gasteiger partial charge in [-0.1, -0.05) is 12.1 Å². The summed E-state index contributed by atoms with van der Waals surface area (Å²) < 4.78 is 0. The lowest BCUT2D eigenvalue weighted by Crippen LogP contribution is -2.38. The molecule has 0 amide bonds. The lowest BCUT2D eigenvalue weighted by Gasteiger charge is -2.22. The summed E-state index contributed by atoms with van der Waals surface area (Å²) in [6.07, 6.45) is 4.34. The Bertz CT molecular complexity index is 673. The van der Waals surface area contributed by atoms with Crippen LogP contribution in [0.25, 0.3) is 0 Å². The SMILES string of the molecule is CCNC(=NCc1ccn[nH]1)NC(C)c1cccc(N2CCCC2)c1.